The van der Waals surface area contributed by atoms with Gasteiger partial charge in [-0.15, -0.1) is 0 Å². The number of likely N-dealkylation sites (N-methyl/N-ethyl adjacent to an activating group) is 1. The minimum absolute atomic E-state index is 0.0391. The van der Waals surface area contributed by atoms with Crippen LogP contribution in [0.3, 0.4) is 0 Å². The summed E-state index contributed by atoms with van der Waals surface area (Å²) in [6.45, 7) is 3.95. The molecule has 0 aromatic heterocycles. The third-order valence-electron chi connectivity index (χ3n) is 4.76. The number of hydrogen-bond donors (Lipinski definition) is 1. The molecule has 1 aliphatic carbocycles. The van der Waals surface area contributed by atoms with Crippen molar-refractivity contribution in [3.63, 3.8) is 0 Å². The topological polar surface area (TPSA) is 66.6 Å². The number of carbonyl (C=O) groups is 2. The molecule has 0 bridgehead atoms. The Labute approximate surface area is 121 Å². The summed E-state index contributed by atoms with van der Waals surface area (Å²) in [5, 5.41) is 0. The number of likely N-dealkylation sites (tertiary alicyclic amines) is 1. The summed E-state index contributed by atoms with van der Waals surface area (Å²) in [7, 11) is 1.73. The summed E-state index contributed by atoms with van der Waals surface area (Å²) in [4.78, 5) is 28.1. The van der Waals surface area contributed by atoms with Gasteiger partial charge in [0.2, 0.25) is 11.8 Å². The molecule has 1 aliphatic heterocycles. The first-order valence-electron chi connectivity index (χ1n) is 7.79. The zero-order valence-corrected chi connectivity index (χ0v) is 12.7. The summed E-state index contributed by atoms with van der Waals surface area (Å²) >= 11 is 0. The van der Waals surface area contributed by atoms with E-state index >= 15 is 0 Å². The van der Waals surface area contributed by atoms with Crippen molar-refractivity contribution in [2.24, 2.45) is 17.6 Å². The van der Waals surface area contributed by atoms with Crippen LogP contribution in [0.15, 0.2) is 0 Å². The van der Waals surface area contributed by atoms with Crippen LogP contribution in [0.1, 0.15) is 39.0 Å². The molecule has 5 heteroatoms. The molecule has 0 spiro atoms. The molecular weight excluding hydrogens is 254 g/mol. The van der Waals surface area contributed by atoms with Gasteiger partial charge in [-0.3, -0.25) is 9.59 Å². The van der Waals surface area contributed by atoms with Crippen molar-refractivity contribution >= 4 is 11.8 Å². The molecule has 1 heterocycles. The van der Waals surface area contributed by atoms with Gasteiger partial charge >= 0.3 is 0 Å². The van der Waals surface area contributed by atoms with Crippen molar-refractivity contribution < 1.29 is 9.59 Å². The SMILES string of the molecule is CC1CCCC(N)C1C(=O)N(C)CC(=O)N1CCCC1. The molecule has 1 saturated carbocycles. The highest BCUT2D eigenvalue weighted by molar-refractivity contribution is 5.86. The number of rotatable bonds is 3. The third kappa shape index (κ3) is 3.32. The predicted octanol–water partition coefficient (Wildman–Crippen LogP) is 0.831. The van der Waals surface area contributed by atoms with Crippen LogP contribution in [0, 0.1) is 11.8 Å². The fourth-order valence-electron chi connectivity index (χ4n) is 3.48. The first kappa shape index (κ1) is 15.3. The van der Waals surface area contributed by atoms with Crippen LogP contribution in [-0.2, 0) is 9.59 Å². The van der Waals surface area contributed by atoms with Crippen LogP contribution in [-0.4, -0.2) is 54.3 Å². The van der Waals surface area contributed by atoms with Crippen molar-refractivity contribution in [2.75, 3.05) is 26.7 Å². The van der Waals surface area contributed by atoms with Gasteiger partial charge < -0.3 is 15.5 Å². The molecule has 2 aliphatic rings. The van der Waals surface area contributed by atoms with Gasteiger partial charge in [-0.2, -0.15) is 0 Å². The Bertz CT molecular complexity index is 356. The largest absolute Gasteiger partial charge is 0.341 e. The van der Waals surface area contributed by atoms with E-state index in [2.05, 4.69) is 6.92 Å². The van der Waals surface area contributed by atoms with Gasteiger partial charge in [0.25, 0.3) is 0 Å². The van der Waals surface area contributed by atoms with E-state index in [1.54, 1.807) is 11.9 Å². The van der Waals surface area contributed by atoms with Gasteiger partial charge in [0.05, 0.1) is 12.5 Å². The first-order valence-corrected chi connectivity index (χ1v) is 7.79. The first-order chi connectivity index (χ1) is 9.50. The molecule has 0 aromatic carbocycles. The second-order valence-electron chi connectivity index (χ2n) is 6.38. The van der Waals surface area contributed by atoms with E-state index in [9.17, 15) is 9.59 Å². The number of nitrogens with zero attached hydrogens (tertiary/aromatic N) is 2. The van der Waals surface area contributed by atoms with E-state index in [-0.39, 0.29) is 30.3 Å². The average Bonchev–Trinajstić information content (AvgIpc) is 2.92. The van der Waals surface area contributed by atoms with E-state index in [1.165, 1.54) is 0 Å². The van der Waals surface area contributed by atoms with E-state index < -0.39 is 0 Å². The highest BCUT2D eigenvalue weighted by Crippen LogP contribution is 2.30. The van der Waals surface area contributed by atoms with Crippen LogP contribution < -0.4 is 5.73 Å². The average molecular weight is 281 g/mol. The molecule has 0 aromatic rings. The Balaban J connectivity index is 1.91. The van der Waals surface area contributed by atoms with Crippen LogP contribution in [0.25, 0.3) is 0 Å². The lowest BCUT2D eigenvalue weighted by atomic mass is 9.76. The molecule has 3 atom stereocenters. The summed E-state index contributed by atoms with van der Waals surface area (Å²) in [5.41, 5.74) is 6.12. The summed E-state index contributed by atoms with van der Waals surface area (Å²) in [5.74, 6) is 0.295. The standard InChI is InChI=1S/C15H27N3O2/c1-11-6-5-7-12(16)14(11)15(20)17(2)10-13(19)18-8-3-4-9-18/h11-12,14H,3-10,16H2,1-2H3. The zero-order valence-electron chi connectivity index (χ0n) is 12.7. The van der Waals surface area contributed by atoms with E-state index in [4.69, 9.17) is 5.73 Å². The third-order valence-corrected chi connectivity index (χ3v) is 4.76. The number of carbonyl (C=O) groups excluding carboxylic acids is 2. The van der Waals surface area contributed by atoms with Gasteiger partial charge in [-0.05, 0) is 31.6 Å². The van der Waals surface area contributed by atoms with Crippen LogP contribution >= 0.6 is 0 Å². The lowest BCUT2D eigenvalue weighted by Gasteiger charge is -2.35. The number of hydrogen-bond acceptors (Lipinski definition) is 3. The highest BCUT2D eigenvalue weighted by atomic mass is 16.2. The number of nitrogens with two attached hydrogens (primary N) is 1. The van der Waals surface area contributed by atoms with Gasteiger partial charge in [-0.1, -0.05) is 13.3 Å². The molecule has 2 rings (SSSR count). The fourth-order valence-corrected chi connectivity index (χ4v) is 3.48. The zero-order chi connectivity index (χ0) is 14.7. The van der Waals surface area contributed by atoms with Gasteiger partial charge in [0.1, 0.15) is 0 Å². The highest BCUT2D eigenvalue weighted by Gasteiger charge is 2.36. The second-order valence-corrected chi connectivity index (χ2v) is 6.38. The Kier molecular flexibility index (Phi) is 5.02. The Morgan fingerprint density at radius 1 is 1.20 bits per heavy atom. The Morgan fingerprint density at radius 3 is 2.45 bits per heavy atom. The molecule has 2 fully saturated rings. The Hall–Kier alpha value is -1.10. The van der Waals surface area contributed by atoms with Crippen molar-refractivity contribution in [3.8, 4) is 0 Å². The summed E-state index contributed by atoms with van der Waals surface area (Å²) in [6, 6.07) is -0.0596. The van der Waals surface area contributed by atoms with Gasteiger partial charge in [-0.25, -0.2) is 0 Å². The molecular formula is C15H27N3O2. The lowest BCUT2D eigenvalue weighted by molar-refractivity contribution is -0.143. The molecule has 20 heavy (non-hydrogen) atoms. The minimum Gasteiger partial charge on any atom is -0.341 e. The molecule has 114 valence electrons. The van der Waals surface area contributed by atoms with Crippen molar-refractivity contribution in [1.82, 2.24) is 9.80 Å². The molecule has 3 unspecified atom stereocenters. The molecule has 1 saturated heterocycles. The maximum Gasteiger partial charge on any atom is 0.242 e. The second kappa shape index (κ2) is 6.57. The molecule has 0 radical (unpaired) electrons. The molecule has 2 N–H and O–H groups in total. The summed E-state index contributed by atoms with van der Waals surface area (Å²) < 4.78 is 0. The van der Waals surface area contributed by atoms with Crippen LogP contribution in [0.2, 0.25) is 0 Å². The van der Waals surface area contributed by atoms with Crippen LogP contribution in [0.4, 0.5) is 0 Å². The fraction of sp³-hybridized carbons (Fsp3) is 0.867. The lowest BCUT2D eigenvalue weighted by Crippen LogP contribution is -2.50. The van der Waals surface area contributed by atoms with Crippen molar-refractivity contribution in [1.29, 1.82) is 0 Å². The molecule has 2 amide bonds. The monoisotopic (exact) mass is 281 g/mol. The van der Waals surface area contributed by atoms with E-state index in [1.807, 2.05) is 4.90 Å². The quantitative estimate of drug-likeness (QED) is 0.833. The maximum atomic E-state index is 12.5. The van der Waals surface area contributed by atoms with Crippen LogP contribution in [0.5, 0.6) is 0 Å². The predicted molar refractivity (Wildman–Crippen MR) is 77.9 cm³/mol. The molecule has 5 nitrogen and oxygen atoms in total. The normalized spacial score (nSPS) is 30.4. The van der Waals surface area contributed by atoms with Gasteiger partial charge in [0, 0.05) is 26.2 Å². The summed E-state index contributed by atoms with van der Waals surface area (Å²) in [6.07, 6.45) is 5.22. The number of amides is 2. The minimum atomic E-state index is -0.125. The Morgan fingerprint density at radius 2 is 1.85 bits per heavy atom. The smallest absolute Gasteiger partial charge is 0.242 e. The van der Waals surface area contributed by atoms with Gasteiger partial charge in [0.15, 0.2) is 0 Å². The maximum absolute atomic E-state index is 12.5. The van der Waals surface area contributed by atoms with Crippen molar-refractivity contribution in [2.45, 2.75) is 45.1 Å². The van der Waals surface area contributed by atoms with Crippen molar-refractivity contribution in [3.05, 3.63) is 0 Å². The van der Waals surface area contributed by atoms with E-state index in [0.29, 0.717) is 5.92 Å². The van der Waals surface area contributed by atoms with E-state index in [0.717, 1.165) is 45.2 Å².